The highest BCUT2D eigenvalue weighted by molar-refractivity contribution is 6.32. The normalized spacial score (nSPS) is 18.9. The molecule has 3 rings (SSSR count). The van der Waals surface area contributed by atoms with Crippen LogP contribution in [0.2, 0.25) is 5.02 Å². The van der Waals surface area contributed by atoms with Crippen LogP contribution in [-0.4, -0.2) is 15.8 Å². The fourth-order valence-corrected chi connectivity index (χ4v) is 2.85. The lowest BCUT2D eigenvalue weighted by Crippen LogP contribution is -2.28. The third-order valence-corrected chi connectivity index (χ3v) is 4.37. The van der Waals surface area contributed by atoms with Crippen molar-refractivity contribution in [1.29, 1.82) is 0 Å². The standard InChI is InChI=1S/C14H20ClN3O/c1-2-7-18-14(19)12(15)11(8-16-18)17-13(9-3-4-9)10-5-6-10/h8-10,13,17H,2-7H2,1H3. The van der Waals surface area contributed by atoms with Crippen molar-refractivity contribution in [2.75, 3.05) is 5.32 Å². The van der Waals surface area contributed by atoms with Gasteiger partial charge in [-0.05, 0) is 43.9 Å². The average Bonchev–Trinajstić information content (AvgIpc) is 3.27. The highest BCUT2D eigenvalue weighted by Gasteiger charge is 2.41. The molecule has 2 saturated carbocycles. The summed E-state index contributed by atoms with van der Waals surface area (Å²) in [5.74, 6) is 1.53. The lowest BCUT2D eigenvalue weighted by Gasteiger charge is -2.19. The molecule has 104 valence electrons. The first-order valence-electron chi connectivity index (χ1n) is 7.23. The maximum Gasteiger partial charge on any atom is 0.287 e. The molecule has 0 aromatic carbocycles. The summed E-state index contributed by atoms with van der Waals surface area (Å²) in [6.45, 7) is 2.64. The van der Waals surface area contributed by atoms with Gasteiger partial charge in [-0.3, -0.25) is 4.79 Å². The molecule has 0 spiro atoms. The highest BCUT2D eigenvalue weighted by Crippen LogP contribution is 2.46. The quantitative estimate of drug-likeness (QED) is 0.872. The van der Waals surface area contributed by atoms with Crippen molar-refractivity contribution < 1.29 is 0 Å². The maximum atomic E-state index is 12.1. The van der Waals surface area contributed by atoms with Crippen LogP contribution in [0.4, 0.5) is 5.69 Å². The molecule has 2 aliphatic carbocycles. The summed E-state index contributed by atoms with van der Waals surface area (Å²) in [6.07, 6.45) is 7.77. The van der Waals surface area contributed by atoms with Crippen LogP contribution in [0.25, 0.3) is 0 Å². The molecule has 0 aliphatic heterocycles. The summed E-state index contributed by atoms with van der Waals surface area (Å²) >= 11 is 6.19. The minimum Gasteiger partial charge on any atom is -0.379 e. The first kappa shape index (κ1) is 13.0. The molecule has 0 saturated heterocycles. The van der Waals surface area contributed by atoms with Gasteiger partial charge in [-0.2, -0.15) is 5.10 Å². The van der Waals surface area contributed by atoms with Crippen molar-refractivity contribution in [2.45, 2.75) is 51.6 Å². The van der Waals surface area contributed by atoms with E-state index in [1.54, 1.807) is 6.20 Å². The minimum atomic E-state index is -0.182. The summed E-state index contributed by atoms with van der Waals surface area (Å²) in [5.41, 5.74) is 0.529. The van der Waals surface area contributed by atoms with Crippen molar-refractivity contribution >= 4 is 17.3 Å². The number of nitrogens with one attached hydrogen (secondary N) is 1. The number of nitrogens with zero attached hydrogens (tertiary/aromatic N) is 2. The number of hydrogen-bond donors (Lipinski definition) is 1. The van der Waals surface area contributed by atoms with E-state index in [4.69, 9.17) is 11.6 Å². The Labute approximate surface area is 118 Å². The highest BCUT2D eigenvalue weighted by atomic mass is 35.5. The van der Waals surface area contributed by atoms with E-state index in [0.717, 1.165) is 18.3 Å². The van der Waals surface area contributed by atoms with Crippen molar-refractivity contribution in [1.82, 2.24) is 9.78 Å². The zero-order chi connectivity index (χ0) is 13.4. The zero-order valence-corrected chi connectivity index (χ0v) is 12.0. The fourth-order valence-electron chi connectivity index (χ4n) is 2.65. The third kappa shape index (κ3) is 2.78. The van der Waals surface area contributed by atoms with Gasteiger partial charge in [0.05, 0.1) is 11.9 Å². The molecule has 0 unspecified atom stereocenters. The first-order chi connectivity index (χ1) is 9.20. The van der Waals surface area contributed by atoms with Crippen LogP contribution in [0.1, 0.15) is 39.0 Å². The topological polar surface area (TPSA) is 46.9 Å². The zero-order valence-electron chi connectivity index (χ0n) is 11.2. The van der Waals surface area contributed by atoms with Gasteiger partial charge in [0, 0.05) is 12.6 Å². The molecule has 2 aliphatic rings. The maximum absolute atomic E-state index is 12.1. The van der Waals surface area contributed by atoms with E-state index in [0.29, 0.717) is 18.3 Å². The molecular formula is C14H20ClN3O. The number of aryl methyl sites for hydroxylation is 1. The summed E-state index contributed by atoms with van der Waals surface area (Å²) in [4.78, 5) is 12.1. The smallest absolute Gasteiger partial charge is 0.287 e. The van der Waals surface area contributed by atoms with Gasteiger partial charge in [-0.25, -0.2) is 4.68 Å². The number of rotatable bonds is 6. The second kappa shape index (κ2) is 5.16. The fraction of sp³-hybridized carbons (Fsp3) is 0.714. The summed E-state index contributed by atoms with van der Waals surface area (Å²) in [7, 11) is 0. The molecule has 0 radical (unpaired) electrons. The third-order valence-electron chi connectivity index (χ3n) is 4.00. The minimum absolute atomic E-state index is 0.182. The number of aromatic nitrogens is 2. The molecule has 0 bridgehead atoms. The van der Waals surface area contributed by atoms with Crippen molar-refractivity contribution in [3.05, 3.63) is 21.6 Å². The average molecular weight is 282 g/mol. The van der Waals surface area contributed by atoms with Crippen LogP contribution in [0.5, 0.6) is 0 Å². The van der Waals surface area contributed by atoms with Gasteiger partial charge in [-0.15, -0.1) is 0 Å². The van der Waals surface area contributed by atoms with Crippen LogP contribution >= 0.6 is 11.6 Å². The summed E-state index contributed by atoms with van der Waals surface area (Å²) < 4.78 is 1.44. The molecule has 0 atom stereocenters. The van der Waals surface area contributed by atoms with E-state index in [9.17, 15) is 4.79 Å². The molecule has 19 heavy (non-hydrogen) atoms. The van der Waals surface area contributed by atoms with Crippen LogP contribution in [0.15, 0.2) is 11.0 Å². The Morgan fingerprint density at radius 1 is 1.42 bits per heavy atom. The van der Waals surface area contributed by atoms with E-state index < -0.39 is 0 Å². The molecule has 1 aromatic rings. The van der Waals surface area contributed by atoms with Crippen molar-refractivity contribution in [3.8, 4) is 0 Å². The Morgan fingerprint density at radius 2 is 2.05 bits per heavy atom. The second-order valence-corrected chi connectivity index (χ2v) is 6.12. The van der Waals surface area contributed by atoms with Gasteiger partial charge < -0.3 is 5.32 Å². The summed E-state index contributed by atoms with van der Waals surface area (Å²) in [6, 6.07) is 0.487. The Balaban J connectivity index is 1.80. The van der Waals surface area contributed by atoms with Crippen LogP contribution in [0.3, 0.4) is 0 Å². The molecule has 2 fully saturated rings. The second-order valence-electron chi connectivity index (χ2n) is 5.75. The largest absolute Gasteiger partial charge is 0.379 e. The van der Waals surface area contributed by atoms with Gasteiger partial charge >= 0.3 is 0 Å². The number of anilines is 1. The molecule has 1 aromatic heterocycles. The van der Waals surface area contributed by atoms with Gasteiger partial charge in [0.2, 0.25) is 0 Å². The molecule has 0 amide bonds. The predicted octanol–water partition coefficient (Wildman–Crippen LogP) is 2.91. The van der Waals surface area contributed by atoms with E-state index in [1.165, 1.54) is 30.4 Å². The lowest BCUT2D eigenvalue weighted by atomic mass is 10.1. The molecule has 1 N–H and O–H groups in total. The van der Waals surface area contributed by atoms with E-state index in [1.807, 2.05) is 6.92 Å². The SMILES string of the molecule is CCCn1ncc(NC(C2CC2)C2CC2)c(Cl)c1=O. The van der Waals surface area contributed by atoms with Crippen molar-refractivity contribution in [3.63, 3.8) is 0 Å². The van der Waals surface area contributed by atoms with Gasteiger partial charge in [0.15, 0.2) is 0 Å². The number of halogens is 1. The van der Waals surface area contributed by atoms with Gasteiger partial charge in [-0.1, -0.05) is 18.5 Å². The molecule has 5 heteroatoms. The first-order valence-corrected chi connectivity index (χ1v) is 7.60. The van der Waals surface area contributed by atoms with E-state index in [-0.39, 0.29) is 10.6 Å². The Morgan fingerprint density at radius 3 is 2.58 bits per heavy atom. The van der Waals surface area contributed by atoms with Crippen LogP contribution in [-0.2, 0) is 6.54 Å². The lowest BCUT2D eigenvalue weighted by molar-refractivity contribution is 0.555. The Bertz CT molecular complexity index is 508. The molecular weight excluding hydrogens is 262 g/mol. The Hall–Kier alpha value is -1.03. The molecule has 1 heterocycles. The van der Waals surface area contributed by atoms with Gasteiger partial charge in [0.25, 0.3) is 5.56 Å². The van der Waals surface area contributed by atoms with Crippen LogP contribution < -0.4 is 10.9 Å². The Kier molecular flexibility index (Phi) is 3.52. The predicted molar refractivity (Wildman–Crippen MR) is 76.7 cm³/mol. The monoisotopic (exact) mass is 281 g/mol. The summed E-state index contributed by atoms with van der Waals surface area (Å²) in [5, 5.41) is 7.96. The molecule has 4 nitrogen and oxygen atoms in total. The van der Waals surface area contributed by atoms with Gasteiger partial charge in [0.1, 0.15) is 5.02 Å². The van der Waals surface area contributed by atoms with Crippen molar-refractivity contribution in [2.24, 2.45) is 11.8 Å². The van der Waals surface area contributed by atoms with E-state index >= 15 is 0 Å². The number of hydrogen-bond acceptors (Lipinski definition) is 3. The van der Waals surface area contributed by atoms with E-state index in [2.05, 4.69) is 10.4 Å². The van der Waals surface area contributed by atoms with Crippen LogP contribution in [0, 0.1) is 11.8 Å².